The van der Waals surface area contributed by atoms with E-state index in [1.807, 2.05) is 6.07 Å². The van der Waals surface area contributed by atoms with Gasteiger partial charge in [0.05, 0.1) is 11.6 Å². The summed E-state index contributed by atoms with van der Waals surface area (Å²) in [7, 11) is 1.58. The smallest absolute Gasteiger partial charge is 0.257 e. The summed E-state index contributed by atoms with van der Waals surface area (Å²) >= 11 is 0. The SMILES string of the molecule is Cc1cc(C(=O)N(C)CC#N)co1. The molecule has 1 heterocycles. The fourth-order valence-corrected chi connectivity index (χ4v) is 0.954. The van der Waals surface area contributed by atoms with Gasteiger partial charge in [-0.25, -0.2) is 0 Å². The number of hydrogen-bond acceptors (Lipinski definition) is 3. The minimum atomic E-state index is -0.196. The Kier molecular flexibility index (Phi) is 2.70. The molecule has 0 saturated carbocycles. The second kappa shape index (κ2) is 3.76. The number of rotatable bonds is 2. The molecule has 1 amide bonds. The van der Waals surface area contributed by atoms with Crippen LogP contribution in [0, 0.1) is 18.3 Å². The molecule has 1 rings (SSSR count). The minimum absolute atomic E-state index is 0.0864. The molecule has 1 aromatic heterocycles. The van der Waals surface area contributed by atoms with Crippen LogP contribution < -0.4 is 0 Å². The first-order chi connectivity index (χ1) is 6.15. The van der Waals surface area contributed by atoms with E-state index in [0.717, 1.165) is 0 Å². The first kappa shape index (κ1) is 9.33. The number of furan rings is 1. The fourth-order valence-electron chi connectivity index (χ4n) is 0.954. The summed E-state index contributed by atoms with van der Waals surface area (Å²) < 4.78 is 4.98. The van der Waals surface area contributed by atoms with Gasteiger partial charge < -0.3 is 9.32 Å². The molecule has 4 nitrogen and oxygen atoms in total. The maximum Gasteiger partial charge on any atom is 0.257 e. The Morgan fingerprint density at radius 2 is 2.46 bits per heavy atom. The number of nitriles is 1. The maximum atomic E-state index is 11.5. The molecular weight excluding hydrogens is 168 g/mol. The molecule has 0 spiro atoms. The van der Waals surface area contributed by atoms with Crippen molar-refractivity contribution >= 4 is 5.91 Å². The lowest BCUT2D eigenvalue weighted by atomic mass is 10.3. The average Bonchev–Trinajstić information content (AvgIpc) is 2.51. The largest absolute Gasteiger partial charge is 0.469 e. The zero-order chi connectivity index (χ0) is 9.84. The highest BCUT2D eigenvalue weighted by Gasteiger charge is 2.12. The first-order valence-corrected chi connectivity index (χ1v) is 3.82. The summed E-state index contributed by atoms with van der Waals surface area (Å²) in [5, 5.41) is 8.37. The van der Waals surface area contributed by atoms with E-state index in [4.69, 9.17) is 9.68 Å². The van der Waals surface area contributed by atoms with Gasteiger partial charge in [0.25, 0.3) is 5.91 Å². The van der Waals surface area contributed by atoms with Gasteiger partial charge in [0.15, 0.2) is 0 Å². The van der Waals surface area contributed by atoms with Crippen LogP contribution in [0.5, 0.6) is 0 Å². The molecule has 0 atom stereocenters. The van der Waals surface area contributed by atoms with Gasteiger partial charge in [-0.2, -0.15) is 5.26 Å². The molecule has 0 fully saturated rings. The van der Waals surface area contributed by atoms with Crippen molar-refractivity contribution < 1.29 is 9.21 Å². The molecule has 0 radical (unpaired) electrons. The van der Waals surface area contributed by atoms with Crippen LogP contribution in [0.15, 0.2) is 16.7 Å². The Labute approximate surface area is 76.4 Å². The van der Waals surface area contributed by atoms with E-state index >= 15 is 0 Å². The number of amides is 1. The fraction of sp³-hybridized carbons (Fsp3) is 0.333. The van der Waals surface area contributed by atoms with E-state index in [2.05, 4.69) is 0 Å². The van der Waals surface area contributed by atoms with Gasteiger partial charge in [-0.15, -0.1) is 0 Å². The van der Waals surface area contributed by atoms with Gasteiger partial charge >= 0.3 is 0 Å². The predicted molar refractivity (Wildman–Crippen MR) is 46.0 cm³/mol. The molecule has 4 heteroatoms. The molecule has 13 heavy (non-hydrogen) atoms. The van der Waals surface area contributed by atoms with Gasteiger partial charge in [-0.3, -0.25) is 4.79 Å². The summed E-state index contributed by atoms with van der Waals surface area (Å²) in [5.41, 5.74) is 0.482. The molecule has 1 aromatic rings. The predicted octanol–water partition coefficient (Wildman–Crippen LogP) is 1.18. The molecule has 0 N–H and O–H groups in total. The van der Waals surface area contributed by atoms with Crippen molar-refractivity contribution in [3.8, 4) is 6.07 Å². The van der Waals surface area contributed by atoms with Gasteiger partial charge in [0, 0.05) is 7.05 Å². The number of nitrogens with zero attached hydrogens (tertiary/aromatic N) is 2. The highest BCUT2D eigenvalue weighted by atomic mass is 16.3. The Morgan fingerprint density at radius 1 is 1.77 bits per heavy atom. The summed E-state index contributed by atoms with van der Waals surface area (Å²) in [6.45, 7) is 1.85. The third-order valence-corrected chi connectivity index (χ3v) is 1.63. The van der Waals surface area contributed by atoms with Gasteiger partial charge in [0.2, 0.25) is 0 Å². The van der Waals surface area contributed by atoms with E-state index in [9.17, 15) is 4.79 Å². The number of aryl methyl sites for hydroxylation is 1. The normalized spacial score (nSPS) is 9.31. The molecule has 0 bridgehead atoms. The van der Waals surface area contributed by atoms with Crippen molar-refractivity contribution in [2.45, 2.75) is 6.92 Å². The molecule has 0 aromatic carbocycles. The monoisotopic (exact) mass is 178 g/mol. The second-order valence-electron chi connectivity index (χ2n) is 2.77. The number of carbonyl (C=O) groups is 1. The molecule has 0 unspecified atom stereocenters. The van der Waals surface area contributed by atoms with E-state index in [0.29, 0.717) is 11.3 Å². The van der Waals surface area contributed by atoms with Crippen LogP contribution in [-0.2, 0) is 0 Å². The molecule has 0 aliphatic carbocycles. The molecule has 0 aliphatic rings. The molecule has 0 aliphatic heterocycles. The summed E-state index contributed by atoms with van der Waals surface area (Å²) in [4.78, 5) is 12.8. The standard InChI is InChI=1S/C9H10N2O2/c1-7-5-8(6-13-7)9(12)11(2)4-3-10/h5-6H,4H2,1-2H3. The summed E-state index contributed by atoms with van der Waals surface area (Å²) in [5.74, 6) is 0.493. The Bertz CT molecular complexity index is 349. The van der Waals surface area contributed by atoms with E-state index < -0.39 is 0 Å². The lowest BCUT2D eigenvalue weighted by Gasteiger charge is -2.10. The van der Waals surface area contributed by atoms with Crippen LogP contribution in [0.1, 0.15) is 16.1 Å². The van der Waals surface area contributed by atoms with Crippen LogP contribution >= 0.6 is 0 Å². The van der Waals surface area contributed by atoms with Crippen molar-refractivity contribution in [2.75, 3.05) is 13.6 Å². The summed E-state index contributed by atoms with van der Waals surface area (Å²) in [6.07, 6.45) is 1.39. The lowest BCUT2D eigenvalue weighted by molar-refractivity contribution is 0.0811. The maximum absolute atomic E-state index is 11.5. The Morgan fingerprint density at radius 3 is 2.92 bits per heavy atom. The first-order valence-electron chi connectivity index (χ1n) is 3.82. The molecule has 68 valence electrons. The molecular formula is C9H10N2O2. The van der Waals surface area contributed by atoms with Crippen molar-refractivity contribution in [1.82, 2.24) is 4.90 Å². The van der Waals surface area contributed by atoms with Crippen LogP contribution in [-0.4, -0.2) is 24.4 Å². The lowest BCUT2D eigenvalue weighted by Crippen LogP contribution is -2.26. The van der Waals surface area contributed by atoms with E-state index in [-0.39, 0.29) is 12.5 Å². The third-order valence-electron chi connectivity index (χ3n) is 1.63. The van der Waals surface area contributed by atoms with Gasteiger partial charge in [-0.05, 0) is 13.0 Å². The quantitative estimate of drug-likeness (QED) is 0.639. The second-order valence-corrected chi connectivity index (χ2v) is 2.77. The number of hydrogen-bond donors (Lipinski definition) is 0. The van der Waals surface area contributed by atoms with Crippen LogP contribution in [0.25, 0.3) is 0 Å². The minimum Gasteiger partial charge on any atom is -0.469 e. The van der Waals surface area contributed by atoms with Crippen molar-refractivity contribution in [2.24, 2.45) is 0 Å². The highest BCUT2D eigenvalue weighted by molar-refractivity contribution is 5.93. The van der Waals surface area contributed by atoms with Crippen LogP contribution in [0.4, 0.5) is 0 Å². The van der Waals surface area contributed by atoms with Crippen molar-refractivity contribution in [1.29, 1.82) is 5.26 Å². The van der Waals surface area contributed by atoms with Crippen molar-refractivity contribution in [3.63, 3.8) is 0 Å². The zero-order valence-electron chi connectivity index (χ0n) is 7.57. The van der Waals surface area contributed by atoms with Crippen LogP contribution in [0.2, 0.25) is 0 Å². The Balaban J connectivity index is 2.74. The molecule has 0 saturated heterocycles. The van der Waals surface area contributed by atoms with Crippen molar-refractivity contribution in [3.05, 3.63) is 23.7 Å². The van der Waals surface area contributed by atoms with Gasteiger partial charge in [-0.1, -0.05) is 0 Å². The van der Waals surface area contributed by atoms with E-state index in [1.54, 1.807) is 20.0 Å². The zero-order valence-corrected chi connectivity index (χ0v) is 7.57. The summed E-state index contributed by atoms with van der Waals surface area (Å²) in [6, 6.07) is 3.55. The third kappa shape index (κ3) is 2.09. The van der Waals surface area contributed by atoms with E-state index in [1.165, 1.54) is 11.2 Å². The average molecular weight is 178 g/mol. The highest BCUT2D eigenvalue weighted by Crippen LogP contribution is 2.08. The topological polar surface area (TPSA) is 57.2 Å². The van der Waals surface area contributed by atoms with Gasteiger partial charge in [0.1, 0.15) is 18.6 Å². The number of carbonyl (C=O) groups excluding carboxylic acids is 1. The van der Waals surface area contributed by atoms with Crippen LogP contribution in [0.3, 0.4) is 0 Å². The Hall–Kier alpha value is -1.76.